The molecule has 0 saturated heterocycles. The lowest BCUT2D eigenvalue weighted by molar-refractivity contribution is -0.392. The third-order valence-corrected chi connectivity index (χ3v) is 3.73. The molecule has 126 valence electrons. The van der Waals surface area contributed by atoms with Gasteiger partial charge < -0.3 is 15.2 Å². The largest absolute Gasteiger partial charge is 0.392 e. The number of aliphatic hydroxyl groups excluding tert-OH is 1. The highest BCUT2D eigenvalue weighted by atomic mass is 32.2. The highest BCUT2D eigenvalue weighted by Gasteiger charge is 2.15. The second-order valence-electron chi connectivity index (χ2n) is 4.58. The molecule has 0 saturated carbocycles. The molecule has 0 spiro atoms. The van der Waals surface area contributed by atoms with E-state index in [4.69, 9.17) is 9.66 Å². The van der Waals surface area contributed by atoms with Crippen LogP contribution in [0.2, 0.25) is 0 Å². The summed E-state index contributed by atoms with van der Waals surface area (Å²) in [4.78, 5) is 13.6. The number of rotatable bonds is 4. The van der Waals surface area contributed by atoms with E-state index in [0.29, 0.717) is 5.82 Å². The summed E-state index contributed by atoms with van der Waals surface area (Å²) in [7, 11) is -4.02. The Bertz CT molecular complexity index is 768. The van der Waals surface area contributed by atoms with Gasteiger partial charge in [0.25, 0.3) is 10.1 Å². The van der Waals surface area contributed by atoms with Gasteiger partial charge in [0.1, 0.15) is 12.7 Å². The van der Waals surface area contributed by atoms with E-state index in [9.17, 15) is 18.5 Å². The SMILES string of the molecule is Cc1ccc(S(=O)(=O)O)cc1.Cc1ncc([N+](=O)[O-])n1CCO. The lowest BCUT2D eigenvalue weighted by Crippen LogP contribution is -2.07. The maximum atomic E-state index is 10.5. The van der Waals surface area contributed by atoms with E-state index in [0.717, 1.165) is 5.56 Å². The van der Waals surface area contributed by atoms with E-state index in [2.05, 4.69) is 4.98 Å². The zero-order chi connectivity index (χ0) is 17.6. The predicted octanol–water partition coefficient (Wildman–Crippen LogP) is 1.33. The predicted molar refractivity (Wildman–Crippen MR) is 81.7 cm³/mol. The molecule has 0 amide bonds. The molecule has 2 N–H and O–H groups in total. The van der Waals surface area contributed by atoms with Gasteiger partial charge >= 0.3 is 5.82 Å². The molecule has 2 rings (SSSR count). The molecular formula is C13H17N3O6S. The fourth-order valence-electron chi connectivity index (χ4n) is 1.69. The molecule has 0 aliphatic carbocycles. The average molecular weight is 343 g/mol. The van der Waals surface area contributed by atoms with Gasteiger partial charge in [-0.15, -0.1) is 0 Å². The van der Waals surface area contributed by atoms with Crippen molar-refractivity contribution in [1.82, 2.24) is 9.55 Å². The van der Waals surface area contributed by atoms with Gasteiger partial charge in [-0.2, -0.15) is 8.42 Å². The standard InChI is InChI=1S/C7H8O3S.C6H9N3O3/c1-6-2-4-7(5-3-6)11(8,9)10;1-5-7-4-6(9(11)12)8(5)2-3-10/h2-5H,1H3,(H,8,9,10);4,10H,2-3H2,1H3. The monoisotopic (exact) mass is 343 g/mol. The summed E-state index contributed by atoms with van der Waals surface area (Å²) < 4.78 is 30.9. The summed E-state index contributed by atoms with van der Waals surface area (Å²) in [6, 6.07) is 5.99. The van der Waals surface area contributed by atoms with E-state index in [1.165, 1.54) is 22.9 Å². The minimum absolute atomic E-state index is 0.0666. The molecule has 0 unspecified atom stereocenters. The van der Waals surface area contributed by atoms with Gasteiger partial charge in [-0.3, -0.25) is 4.55 Å². The highest BCUT2D eigenvalue weighted by molar-refractivity contribution is 7.85. The van der Waals surface area contributed by atoms with Crippen molar-refractivity contribution in [3.8, 4) is 0 Å². The molecule has 23 heavy (non-hydrogen) atoms. The molecule has 1 aromatic carbocycles. The first-order chi connectivity index (χ1) is 10.7. The number of imidazole rings is 1. The van der Waals surface area contributed by atoms with Crippen molar-refractivity contribution >= 4 is 15.9 Å². The fraction of sp³-hybridized carbons (Fsp3) is 0.308. The molecule has 1 aromatic heterocycles. The number of hydrogen-bond donors (Lipinski definition) is 2. The molecule has 2 aromatic rings. The lowest BCUT2D eigenvalue weighted by Gasteiger charge is -1.98. The number of aromatic nitrogens is 2. The van der Waals surface area contributed by atoms with Crippen LogP contribution in [0.1, 0.15) is 11.4 Å². The Morgan fingerprint density at radius 3 is 2.26 bits per heavy atom. The van der Waals surface area contributed by atoms with Crippen LogP contribution >= 0.6 is 0 Å². The van der Waals surface area contributed by atoms with Crippen molar-refractivity contribution < 1.29 is 23.0 Å². The summed E-state index contributed by atoms with van der Waals surface area (Å²) in [5, 5.41) is 19.0. The van der Waals surface area contributed by atoms with E-state index in [1.807, 2.05) is 6.92 Å². The van der Waals surface area contributed by atoms with E-state index < -0.39 is 15.0 Å². The van der Waals surface area contributed by atoms with Crippen LogP contribution in [0.15, 0.2) is 35.4 Å². The number of nitro groups is 1. The summed E-state index contributed by atoms with van der Waals surface area (Å²) >= 11 is 0. The summed E-state index contributed by atoms with van der Waals surface area (Å²) in [6.07, 6.45) is 1.19. The van der Waals surface area contributed by atoms with Crippen molar-refractivity contribution in [3.63, 3.8) is 0 Å². The Morgan fingerprint density at radius 1 is 1.26 bits per heavy atom. The van der Waals surface area contributed by atoms with Crippen molar-refractivity contribution in [3.05, 3.63) is 52.0 Å². The van der Waals surface area contributed by atoms with E-state index in [-0.39, 0.29) is 23.9 Å². The molecule has 0 aliphatic heterocycles. The lowest BCUT2D eigenvalue weighted by atomic mass is 10.2. The quantitative estimate of drug-likeness (QED) is 0.485. The van der Waals surface area contributed by atoms with Crippen molar-refractivity contribution in [1.29, 1.82) is 0 Å². The van der Waals surface area contributed by atoms with Gasteiger partial charge in [0.2, 0.25) is 0 Å². The Hall–Kier alpha value is -2.30. The molecule has 1 heterocycles. The summed E-state index contributed by atoms with van der Waals surface area (Å²) in [6.45, 7) is 3.58. The first-order valence-corrected chi connectivity index (χ1v) is 7.92. The number of nitrogens with zero attached hydrogens (tertiary/aromatic N) is 3. The molecule has 9 nitrogen and oxygen atoms in total. The third kappa shape index (κ3) is 5.43. The Kier molecular flexibility index (Phi) is 6.37. The Morgan fingerprint density at radius 2 is 1.83 bits per heavy atom. The molecular weight excluding hydrogens is 326 g/mol. The molecule has 0 fully saturated rings. The Labute approximate surface area is 133 Å². The van der Waals surface area contributed by atoms with Crippen molar-refractivity contribution in [2.45, 2.75) is 25.3 Å². The second kappa shape index (κ2) is 7.81. The molecule has 0 radical (unpaired) electrons. The van der Waals surface area contributed by atoms with Crippen LogP contribution in [0.25, 0.3) is 0 Å². The summed E-state index contributed by atoms with van der Waals surface area (Å²) in [5.74, 6) is 0.456. The topological polar surface area (TPSA) is 136 Å². The number of hydrogen-bond acceptors (Lipinski definition) is 6. The molecule has 0 aliphatic rings. The van der Waals surface area contributed by atoms with Crippen LogP contribution in [-0.4, -0.2) is 39.2 Å². The zero-order valence-corrected chi connectivity index (χ0v) is 13.4. The van der Waals surface area contributed by atoms with E-state index in [1.54, 1.807) is 19.1 Å². The summed E-state index contributed by atoms with van der Waals surface area (Å²) in [5.41, 5.74) is 0.956. The average Bonchev–Trinajstić information content (AvgIpc) is 2.81. The number of aliphatic hydroxyl groups is 1. The third-order valence-electron chi connectivity index (χ3n) is 2.86. The van der Waals surface area contributed by atoms with Crippen LogP contribution in [0, 0.1) is 24.0 Å². The fourth-order valence-corrected chi connectivity index (χ4v) is 2.17. The maximum Gasteiger partial charge on any atom is 0.342 e. The molecule has 0 atom stereocenters. The van der Waals surface area contributed by atoms with Crippen LogP contribution in [0.5, 0.6) is 0 Å². The smallest absolute Gasteiger partial charge is 0.342 e. The first kappa shape index (κ1) is 18.7. The minimum Gasteiger partial charge on any atom is -0.392 e. The van der Waals surface area contributed by atoms with Gasteiger partial charge in [0.05, 0.1) is 11.5 Å². The van der Waals surface area contributed by atoms with Gasteiger partial charge in [-0.1, -0.05) is 17.7 Å². The van der Waals surface area contributed by atoms with Crippen molar-refractivity contribution in [2.24, 2.45) is 0 Å². The molecule has 10 heteroatoms. The van der Waals surface area contributed by atoms with Gasteiger partial charge in [-0.25, -0.2) is 9.55 Å². The normalized spacial score (nSPS) is 10.8. The van der Waals surface area contributed by atoms with Crippen LogP contribution in [-0.2, 0) is 16.7 Å². The second-order valence-corrected chi connectivity index (χ2v) is 6.01. The van der Waals surface area contributed by atoms with Gasteiger partial charge in [0.15, 0.2) is 5.82 Å². The van der Waals surface area contributed by atoms with Gasteiger partial charge in [-0.05, 0) is 24.0 Å². The first-order valence-electron chi connectivity index (χ1n) is 6.48. The number of benzene rings is 1. The van der Waals surface area contributed by atoms with Gasteiger partial charge in [0, 0.05) is 6.92 Å². The van der Waals surface area contributed by atoms with Crippen LogP contribution < -0.4 is 0 Å². The van der Waals surface area contributed by atoms with Crippen LogP contribution in [0.4, 0.5) is 5.82 Å². The molecule has 0 bridgehead atoms. The van der Waals surface area contributed by atoms with E-state index >= 15 is 0 Å². The van der Waals surface area contributed by atoms with Crippen molar-refractivity contribution in [2.75, 3.05) is 6.61 Å². The maximum absolute atomic E-state index is 10.5. The zero-order valence-electron chi connectivity index (χ0n) is 12.6. The number of aryl methyl sites for hydroxylation is 2. The van der Waals surface area contributed by atoms with Crippen LogP contribution in [0.3, 0.4) is 0 Å². The highest BCUT2D eigenvalue weighted by Crippen LogP contribution is 2.12. The minimum atomic E-state index is -4.02. The Balaban J connectivity index is 0.000000231.